The Kier molecular flexibility index (Phi) is 4.01. The topological polar surface area (TPSA) is 41.3 Å². The zero-order valence-electron chi connectivity index (χ0n) is 10.5. The first kappa shape index (κ1) is 13.1. The Bertz CT molecular complexity index is 423. The van der Waals surface area contributed by atoms with Crippen molar-refractivity contribution in [2.24, 2.45) is 5.92 Å². The van der Waals surface area contributed by atoms with Crippen molar-refractivity contribution in [2.45, 2.75) is 12.8 Å². The number of anilines is 2. The highest BCUT2D eigenvalue weighted by Gasteiger charge is 2.17. The van der Waals surface area contributed by atoms with Crippen LogP contribution in [0, 0.1) is 17.6 Å². The van der Waals surface area contributed by atoms with E-state index in [0.29, 0.717) is 11.6 Å². The first-order valence-electron chi connectivity index (χ1n) is 6.23. The predicted molar refractivity (Wildman–Crippen MR) is 69.5 cm³/mol. The summed E-state index contributed by atoms with van der Waals surface area (Å²) in [7, 11) is 2.10. The predicted octanol–water partition coefficient (Wildman–Crippen LogP) is 2.30. The molecule has 0 spiro atoms. The smallest absolute Gasteiger partial charge is 0.161 e. The molecule has 1 aromatic rings. The molecule has 3 nitrogen and oxygen atoms in total. The summed E-state index contributed by atoms with van der Waals surface area (Å²) in [6.07, 6.45) is 2.33. The quantitative estimate of drug-likeness (QED) is 0.814. The Balaban J connectivity index is 1.95. The van der Waals surface area contributed by atoms with Gasteiger partial charge in [-0.2, -0.15) is 0 Å². The lowest BCUT2D eigenvalue weighted by molar-refractivity contribution is 0.217. The first-order valence-corrected chi connectivity index (χ1v) is 6.23. The van der Waals surface area contributed by atoms with Crippen LogP contribution in [-0.4, -0.2) is 31.6 Å². The highest BCUT2D eigenvalue weighted by atomic mass is 19.2. The van der Waals surface area contributed by atoms with Crippen LogP contribution in [0.25, 0.3) is 0 Å². The zero-order chi connectivity index (χ0) is 13.1. The fourth-order valence-electron chi connectivity index (χ4n) is 2.41. The summed E-state index contributed by atoms with van der Waals surface area (Å²) >= 11 is 0. The molecule has 0 aromatic heterocycles. The van der Waals surface area contributed by atoms with E-state index < -0.39 is 11.6 Å². The summed E-state index contributed by atoms with van der Waals surface area (Å²) in [4.78, 5) is 2.28. The summed E-state index contributed by atoms with van der Waals surface area (Å²) < 4.78 is 26.0. The molecule has 3 N–H and O–H groups in total. The molecule has 1 unspecified atom stereocenters. The number of hydrogen-bond acceptors (Lipinski definition) is 3. The second kappa shape index (κ2) is 5.52. The summed E-state index contributed by atoms with van der Waals surface area (Å²) in [5, 5.41) is 3.11. The van der Waals surface area contributed by atoms with Crippen molar-refractivity contribution >= 4 is 11.4 Å². The summed E-state index contributed by atoms with van der Waals surface area (Å²) in [5.41, 5.74) is 6.38. The second-order valence-electron chi connectivity index (χ2n) is 5.00. The number of rotatable bonds is 3. The Morgan fingerprint density at radius 2 is 2.11 bits per heavy atom. The summed E-state index contributed by atoms with van der Waals surface area (Å²) in [6, 6.07) is 2.14. The number of nitrogens with one attached hydrogen (secondary N) is 1. The average molecular weight is 255 g/mol. The van der Waals surface area contributed by atoms with E-state index in [1.807, 2.05) is 0 Å². The van der Waals surface area contributed by atoms with Crippen molar-refractivity contribution in [1.82, 2.24) is 4.90 Å². The number of piperidine rings is 1. The SMILES string of the molecule is CN1CCCC(CNc2cc(F)c(F)cc2N)C1. The van der Waals surface area contributed by atoms with Gasteiger partial charge in [-0.3, -0.25) is 0 Å². The van der Waals surface area contributed by atoms with Crippen molar-refractivity contribution in [3.63, 3.8) is 0 Å². The molecule has 0 amide bonds. The molecule has 0 bridgehead atoms. The van der Waals surface area contributed by atoms with Crippen molar-refractivity contribution in [1.29, 1.82) is 0 Å². The monoisotopic (exact) mass is 255 g/mol. The molecule has 1 aliphatic rings. The molecule has 0 saturated carbocycles. The molecule has 1 saturated heterocycles. The van der Waals surface area contributed by atoms with Crippen LogP contribution in [0.3, 0.4) is 0 Å². The van der Waals surface area contributed by atoms with Gasteiger partial charge in [-0.25, -0.2) is 8.78 Å². The third-order valence-electron chi connectivity index (χ3n) is 3.40. The van der Waals surface area contributed by atoms with Crippen LogP contribution in [0.1, 0.15) is 12.8 Å². The lowest BCUT2D eigenvalue weighted by atomic mass is 9.98. The number of halogens is 2. The van der Waals surface area contributed by atoms with Gasteiger partial charge in [0.2, 0.25) is 0 Å². The van der Waals surface area contributed by atoms with Gasteiger partial charge in [0.15, 0.2) is 11.6 Å². The van der Waals surface area contributed by atoms with E-state index in [1.165, 1.54) is 6.42 Å². The molecule has 1 atom stereocenters. The average Bonchev–Trinajstić information content (AvgIpc) is 2.32. The molecule has 1 aromatic carbocycles. The van der Waals surface area contributed by atoms with Crippen LogP contribution in [0.2, 0.25) is 0 Å². The Labute approximate surface area is 106 Å². The Morgan fingerprint density at radius 1 is 1.39 bits per heavy atom. The molecular formula is C13H19F2N3. The van der Waals surface area contributed by atoms with Gasteiger partial charge in [-0.05, 0) is 32.4 Å². The molecule has 1 fully saturated rings. The molecule has 18 heavy (non-hydrogen) atoms. The maximum Gasteiger partial charge on any atom is 0.161 e. The number of nitrogen functional groups attached to an aromatic ring is 1. The van der Waals surface area contributed by atoms with E-state index >= 15 is 0 Å². The van der Waals surface area contributed by atoms with Crippen molar-refractivity contribution < 1.29 is 8.78 Å². The molecule has 1 heterocycles. The van der Waals surface area contributed by atoms with E-state index in [9.17, 15) is 8.78 Å². The maximum atomic E-state index is 13.1. The van der Waals surface area contributed by atoms with Gasteiger partial charge >= 0.3 is 0 Å². The van der Waals surface area contributed by atoms with Crippen LogP contribution in [0.15, 0.2) is 12.1 Å². The first-order chi connectivity index (χ1) is 8.56. The zero-order valence-corrected chi connectivity index (χ0v) is 10.5. The number of nitrogens with zero attached hydrogens (tertiary/aromatic N) is 1. The minimum absolute atomic E-state index is 0.248. The number of benzene rings is 1. The molecular weight excluding hydrogens is 236 g/mol. The highest BCUT2D eigenvalue weighted by Crippen LogP contribution is 2.23. The molecule has 100 valence electrons. The van der Waals surface area contributed by atoms with Gasteiger partial charge in [0.05, 0.1) is 11.4 Å². The highest BCUT2D eigenvalue weighted by molar-refractivity contribution is 5.66. The van der Waals surface area contributed by atoms with E-state index in [4.69, 9.17) is 5.73 Å². The van der Waals surface area contributed by atoms with Crippen molar-refractivity contribution in [3.05, 3.63) is 23.8 Å². The minimum atomic E-state index is -0.907. The van der Waals surface area contributed by atoms with Crippen molar-refractivity contribution in [2.75, 3.05) is 37.7 Å². The van der Waals surface area contributed by atoms with Crippen LogP contribution in [0.5, 0.6) is 0 Å². The lowest BCUT2D eigenvalue weighted by Gasteiger charge is -2.30. The molecule has 2 rings (SSSR count). The molecule has 0 radical (unpaired) electrons. The molecule has 1 aliphatic heterocycles. The molecule has 0 aliphatic carbocycles. The van der Waals surface area contributed by atoms with Gasteiger partial charge in [-0.15, -0.1) is 0 Å². The Morgan fingerprint density at radius 3 is 2.83 bits per heavy atom. The number of hydrogen-bond donors (Lipinski definition) is 2. The van der Waals surface area contributed by atoms with Crippen LogP contribution in [0.4, 0.5) is 20.2 Å². The fraction of sp³-hybridized carbons (Fsp3) is 0.538. The van der Waals surface area contributed by atoms with Crippen LogP contribution in [-0.2, 0) is 0 Å². The second-order valence-corrected chi connectivity index (χ2v) is 5.00. The lowest BCUT2D eigenvalue weighted by Crippen LogP contribution is -2.35. The number of likely N-dealkylation sites (tertiary alicyclic amines) is 1. The van der Waals surface area contributed by atoms with Gasteiger partial charge in [0.1, 0.15) is 0 Å². The summed E-state index contributed by atoms with van der Waals surface area (Å²) in [6.45, 7) is 2.89. The standard InChI is InChI=1S/C13H19F2N3/c1-18-4-2-3-9(8-18)7-17-13-6-11(15)10(14)5-12(13)16/h5-6,9,17H,2-4,7-8,16H2,1H3. The Hall–Kier alpha value is -1.36. The third kappa shape index (κ3) is 3.10. The van der Waals surface area contributed by atoms with Gasteiger partial charge < -0.3 is 16.0 Å². The van der Waals surface area contributed by atoms with E-state index in [1.54, 1.807) is 0 Å². The molecule has 5 heteroatoms. The minimum Gasteiger partial charge on any atom is -0.397 e. The normalized spacial score (nSPS) is 20.9. The van der Waals surface area contributed by atoms with Crippen LogP contribution >= 0.6 is 0 Å². The van der Waals surface area contributed by atoms with E-state index in [0.717, 1.165) is 38.2 Å². The van der Waals surface area contributed by atoms with Gasteiger partial charge in [0, 0.05) is 25.2 Å². The van der Waals surface area contributed by atoms with E-state index in [-0.39, 0.29) is 5.69 Å². The van der Waals surface area contributed by atoms with E-state index in [2.05, 4.69) is 17.3 Å². The number of nitrogens with two attached hydrogens (primary N) is 1. The van der Waals surface area contributed by atoms with Gasteiger partial charge in [0.25, 0.3) is 0 Å². The largest absolute Gasteiger partial charge is 0.397 e. The third-order valence-corrected chi connectivity index (χ3v) is 3.40. The fourth-order valence-corrected chi connectivity index (χ4v) is 2.41. The maximum absolute atomic E-state index is 13.1. The van der Waals surface area contributed by atoms with Crippen LogP contribution < -0.4 is 11.1 Å². The van der Waals surface area contributed by atoms with Crippen molar-refractivity contribution in [3.8, 4) is 0 Å². The summed E-state index contributed by atoms with van der Waals surface area (Å²) in [5.74, 6) is -1.25. The van der Waals surface area contributed by atoms with Gasteiger partial charge in [-0.1, -0.05) is 0 Å².